The highest BCUT2D eigenvalue weighted by molar-refractivity contribution is 7.16. The fourth-order valence-electron chi connectivity index (χ4n) is 1.88. The van der Waals surface area contributed by atoms with Crippen LogP contribution in [0.5, 0.6) is 0 Å². The molecule has 2 heterocycles. The Morgan fingerprint density at radius 2 is 2.14 bits per heavy atom. The SMILES string of the molecule is CNc1ncc(C(=O)Nc2ccc3ncsc3c2)cc1Cl. The number of benzene rings is 1. The zero-order valence-corrected chi connectivity index (χ0v) is 12.6. The topological polar surface area (TPSA) is 66.9 Å². The van der Waals surface area contributed by atoms with Crippen molar-refractivity contribution in [3.05, 3.63) is 46.6 Å². The number of aromatic nitrogens is 2. The Kier molecular flexibility index (Phi) is 3.72. The summed E-state index contributed by atoms with van der Waals surface area (Å²) in [4.78, 5) is 20.5. The predicted molar refractivity (Wildman–Crippen MR) is 86.4 cm³/mol. The quantitative estimate of drug-likeness (QED) is 0.773. The Morgan fingerprint density at radius 3 is 2.90 bits per heavy atom. The van der Waals surface area contributed by atoms with Gasteiger partial charge in [0.15, 0.2) is 0 Å². The van der Waals surface area contributed by atoms with Crippen molar-refractivity contribution < 1.29 is 4.79 Å². The van der Waals surface area contributed by atoms with Gasteiger partial charge in [-0.25, -0.2) is 9.97 Å². The van der Waals surface area contributed by atoms with Crippen LogP contribution in [0.2, 0.25) is 5.02 Å². The maximum absolute atomic E-state index is 12.2. The number of pyridine rings is 1. The minimum atomic E-state index is -0.254. The molecule has 0 atom stereocenters. The van der Waals surface area contributed by atoms with E-state index in [1.165, 1.54) is 17.5 Å². The Morgan fingerprint density at radius 1 is 1.29 bits per heavy atom. The van der Waals surface area contributed by atoms with Crippen molar-refractivity contribution in [1.29, 1.82) is 0 Å². The first-order chi connectivity index (χ1) is 10.2. The maximum atomic E-state index is 12.2. The van der Waals surface area contributed by atoms with Gasteiger partial charge in [-0.1, -0.05) is 11.6 Å². The normalized spacial score (nSPS) is 10.6. The molecule has 5 nitrogen and oxygen atoms in total. The molecule has 0 saturated carbocycles. The third-order valence-corrected chi connectivity index (χ3v) is 4.01. The van der Waals surface area contributed by atoms with Gasteiger partial charge in [-0.15, -0.1) is 11.3 Å². The van der Waals surface area contributed by atoms with Crippen molar-refractivity contribution in [2.24, 2.45) is 0 Å². The van der Waals surface area contributed by atoms with Crippen LogP contribution in [0.1, 0.15) is 10.4 Å². The molecule has 21 heavy (non-hydrogen) atoms. The number of thiazole rings is 1. The smallest absolute Gasteiger partial charge is 0.257 e. The van der Waals surface area contributed by atoms with Crippen molar-refractivity contribution in [1.82, 2.24) is 9.97 Å². The van der Waals surface area contributed by atoms with Crippen LogP contribution in [-0.2, 0) is 0 Å². The molecule has 0 bridgehead atoms. The summed E-state index contributed by atoms with van der Waals surface area (Å²) in [5.74, 6) is 0.287. The lowest BCUT2D eigenvalue weighted by molar-refractivity contribution is 0.102. The summed E-state index contributed by atoms with van der Waals surface area (Å²) < 4.78 is 1.02. The second-order valence-corrected chi connectivity index (χ2v) is 5.59. The predicted octanol–water partition coefficient (Wildman–Crippen LogP) is 3.64. The van der Waals surface area contributed by atoms with Crippen LogP contribution in [0.3, 0.4) is 0 Å². The van der Waals surface area contributed by atoms with E-state index in [1.807, 2.05) is 18.2 Å². The highest BCUT2D eigenvalue weighted by Gasteiger charge is 2.10. The monoisotopic (exact) mass is 318 g/mol. The highest BCUT2D eigenvalue weighted by atomic mass is 35.5. The number of hydrogen-bond donors (Lipinski definition) is 2. The molecule has 1 amide bonds. The second kappa shape index (κ2) is 5.67. The van der Waals surface area contributed by atoms with Gasteiger partial charge in [0.25, 0.3) is 5.91 Å². The Bertz CT molecular complexity index is 818. The van der Waals surface area contributed by atoms with Crippen LogP contribution in [0.25, 0.3) is 10.2 Å². The van der Waals surface area contributed by atoms with Gasteiger partial charge >= 0.3 is 0 Å². The zero-order valence-electron chi connectivity index (χ0n) is 11.1. The van der Waals surface area contributed by atoms with E-state index in [0.717, 1.165) is 10.2 Å². The summed E-state index contributed by atoms with van der Waals surface area (Å²) in [6, 6.07) is 7.16. The maximum Gasteiger partial charge on any atom is 0.257 e. The van der Waals surface area contributed by atoms with Crippen LogP contribution >= 0.6 is 22.9 Å². The summed E-state index contributed by atoms with van der Waals surface area (Å²) in [5, 5.41) is 6.08. The summed E-state index contributed by atoms with van der Waals surface area (Å²) in [7, 11) is 1.72. The largest absolute Gasteiger partial charge is 0.372 e. The molecule has 1 aromatic carbocycles. The molecule has 0 unspecified atom stereocenters. The fourth-order valence-corrected chi connectivity index (χ4v) is 2.86. The lowest BCUT2D eigenvalue weighted by Crippen LogP contribution is -2.12. The van der Waals surface area contributed by atoms with Crippen LogP contribution in [0.4, 0.5) is 11.5 Å². The number of nitrogens with zero attached hydrogens (tertiary/aromatic N) is 2. The first-order valence-corrected chi connectivity index (χ1v) is 7.41. The van der Waals surface area contributed by atoms with Crippen molar-refractivity contribution in [3.8, 4) is 0 Å². The molecular weight excluding hydrogens is 308 g/mol. The molecule has 0 aliphatic rings. The van der Waals surface area contributed by atoms with Crippen LogP contribution in [-0.4, -0.2) is 22.9 Å². The number of hydrogen-bond acceptors (Lipinski definition) is 5. The molecule has 0 saturated heterocycles. The number of carbonyl (C=O) groups excluding carboxylic acids is 1. The average molecular weight is 319 g/mol. The van der Waals surface area contributed by atoms with Crippen molar-refractivity contribution >= 4 is 50.6 Å². The van der Waals surface area contributed by atoms with E-state index in [9.17, 15) is 4.79 Å². The Hall–Kier alpha value is -2.18. The molecule has 7 heteroatoms. The molecule has 2 N–H and O–H groups in total. The van der Waals surface area contributed by atoms with Gasteiger partial charge < -0.3 is 10.6 Å². The molecule has 3 aromatic rings. The van der Waals surface area contributed by atoms with E-state index >= 15 is 0 Å². The average Bonchev–Trinajstić information content (AvgIpc) is 2.94. The van der Waals surface area contributed by atoms with Crippen LogP contribution in [0.15, 0.2) is 36.0 Å². The fraction of sp³-hybridized carbons (Fsp3) is 0.0714. The van der Waals surface area contributed by atoms with Crippen molar-refractivity contribution in [3.63, 3.8) is 0 Å². The van der Waals surface area contributed by atoms with Gasteiger partial charge in [0.05, 0.1) is 26.3 Å². The van der Waals surface area contributed by atoms with Gasteiger partial charge in [-0.3, -0.25) is 4.79 Å². The third-order valence-electron chi connectivity index (χ3n) is 2.93. The molecule has 0 aliphatic carbocycles. The van der Waals surface area contributed by atoms with Gasteiger partial charge in [0.1, 0.15) is 5.82 Å². The number of fused-ring (bicyclic) bond motifs is 1. The Labute approximate surface area is 130 Å². The minimum Gasteiger partial charge on any atom is -0.372 e. The number of halogens is 1. The van der Waals surface area contributed by atoms with E-state index in [-0.39, 0.29) is 5.91 Å². The lowest BCUT2D eigenvalue weighted by atomic mass is 10.2. The van der Waals surface area contributed by atoms with E-state index in [1.54, 1.807) is 18.6 Å². The summed E-state index contributed by atoms with van der Waals surface area (Å²) in [5.41, 5.74) is 3.81. The van der Waals surface area contributed by atoms with Gasteiger partial charge in [0.2, 0.25) is 0 Å². The molecule has 0 aliphatic heterocycles. The number of amides is 1. The number of rotatable bonds is 3. The molecule has 0 spiro atoms. The summed E-state index contributed by atoms with van der Waals surface area (Å²) in [6.45, 7) is 0. The van der Waals surface area contributed by atoms with Crippen molar-refractivity contribution in [2.45, 2.75) is 0 Å². The first-order valence-electron chi connectivity index (χ1n) is 6.15. The standard InChI is InChI=1S/C14H11ClN4OS/c1-16-13-10(15)4-8(6-17-13)14(20)19-9-2-3-11-12(5-9)21-7-18-11/h2-7H,1H3,(H,16,17)(H,19,20). The minimum absolute atomic E-state index is 0.254. The lowest BCUT2D eigenvalue weighted by Gasteiger charge is -2.07. The van der Waals surface area contributed by atoms with Gasteiger partial charge in [-0.2, -0.15) is 0 Å². The van der Waals surface area contributed by atoms with Crippen LogP contribution in [0, 0.1) is 0 Å². The molecule has 0 radical (unpaired) electrons. The molecule has 3 rings (SSSR count). The van der Waals surface area contributed by atoms with Crippen molar-refractivity contribution in [2.75, 3.05) is 17.7 Å². The molecule has 0 fully saturated rings. The van der Waals surface area contributed by atoms with E-state index < -0.39 is 0 Å². The van der Waals surface area contributed by atoms with Crippen LogP contribution < -0.4 is 10.6 Å². The first kappa shape index (κ1) is 13.8. The van der Waals surface area contributed by atoms with E-state index in [0.29, 0.717) is 22.1 Å². The number of carbonyl (C=O) groups is 1. The third kappa shape index (κ3) is 2.81. The second-order valence-electron chi connectivity index (χ2n) is 4.29. The van der Waals surface area contributed by atoms with E-state index in [4.69, 9.17) is 11.6 Å². The Balaban J connectivity index is 1.83. The number of anilines is 2. The molecular formula is C14H11ClN4OS. The zero-order chi connectivity index (χ0) is 14.8. The highest BCUT2D eigenvalue weighted by Crippen LogP contribution is 2.23. The molecule has 2 aromatic heterocycles. The molecule has 106 valence electrons. The number of nitrogens with one attached hydrogen (secondary N) is 2. The summed E-state index contributed by atoms with van der Waals surface area (Å²) >= 11 is 7.56. The summed E-state index contributed by atoms with van der Waals surface area (Å²) in [6.07, 6.45) is 1.48. The van der Waals surface area contributed by atoms with Gasteiger partial charge in [0, 0.05) is 18.9 Å². The van der Waals surface area contributed by atoms with Gasteiger partial charge in [-0.05, 0) is 24.3 Å². The van der Waals surface area contributed by atoms with E-state index in [2.05, 4.69) is 20.6 Å².